The Labute approximate surface area is 150 Å². The van der Waals surface area contributed by atoms with Crippen LogP contribution in [0.4, 0.5) is 0 Å². The van der Waals surface area contributed by atoms with Gasteiger partial charge in [0.15, 0.2) is 5.96 Å². The van der Waals surface area contributed by atoms with E-state index in [1.165, 1.54) is 18.4 Å². The van der Waals surface area contributed by atoms with Crippen LogP contribution in [0.3, 0.4) is 0 Å². The molecule has 0 unspecified atom stereocenters. The fourth-order valence-electron chi connectivity index (χ4n) is 2.78. The molecule has 22 heavy (non-hydrogen) atoms. The Morgan fingerprint density at radius 3 is 2.59 bits per heavy atom. The minimum Gasteiger partial charge on any atom is -0.361 e. The lowest BCUT2D eigenvalue weighted by molar-refractivity contribution is 0.273. The predicted molar refractivity (Wildman–Crippen MR) is 101 cm³/mol. The van der Waals surface area contributed by atoms with Crippen molar-refractivity contribution in [1.29, 1.82) is 0 Å². The lowest BCUT2D eigenvalue weighted by Gasteiger charge is -2.33. The highest BCUT2D eigenvalue weighted by atomic mass is 127. The second kappa shape index (κ2) is 9.37. The summed E-state index contributed by atoms with van der Waals surface area (Å²) in [6.45, 7) is 12.3. The first-order chi connectivity index (χ1) is 10.1. The number of aryl methyl sites for hydroxylation is 2. The van der Waals surface area contributed by atoms with Gasteiger partial charge < -0.3 is 14.7 Å². The Bertz CT molecular complexity index is 459. The molecule has 0 aromatic carbocycles. The van der Waals surface area contributed by atoms with Crippen LogP contribution < -0.4 is 5.32 Å². The van der Waals surface area contributed by atoms with Gasteiger partial charge >= 0.3 is 0 Å². The SMILES string of the molecule is CCNC(=NCCc1c(C)noc1C)N1CCC(C)CC1.I. The molecule has 0 atom stereocenters. The summed E-state index contributed by atoms with van der Waals surface area (Å²) in [6, 6.07) is 0. The van der Waals surface area contributed by atoms with Crippen molar-refractivity contribution in [3.8, 4) is 0 Å². The summed E-state index contributed by atoms with van der Waals surface area (Å²) in [5, 5.41) is 7.41. The summed E-state index contributed by atoms with van der Waals surface area (Å²) in [5.41, 5.74) is 2.18. The van der Waals surface area contributed by atoms with Gasteiger partial charge in [0, 0.05) is 31.7 Å². The predicted octanol–water partition coefficient (Wildman–Crippen LogP) is 3.15. The van der Waals surface area contributed by atoms with Gasteiger partial charge in [0.1, 0.15) is 5.76 Å². The van der Waals surface area contributed by atoms with Crippen LogP contribution in [0.2, 0.25) is 0 Å². The van der Waals surface area contributed by atoms with Crippen LogP contribution in [0.15, 0.2) is 9.52 Å². The van der Waals surface area contributed by atoms with Crippen LogP contribution in [-0.4, -0.2) is 42.2 Å². The topological polar surface area (TPSA) is 53.7 Å². The quantitative estimate of drug-likeness (QED) is 0.462. The summed E-state index contributed by atoms with van der Waals surface area (Å²) in [7, 11) is 0. The number of halogens is 1. The third-order valence-corrected chi connectivity index (χ3v) is 4.22. The minimum atomic E-state index is 0. The molecule has 0 radical (unpaired) electrons. The van der Waals surface area contributed by atoms with E-state index in [-0.39, 0.29) is 24.0 Å². The Morgan fingerprint density at radius 2 is 2.05 bits per heavy atom. The van der Waals surface area contributed by atoms with Gasteiger partial charge in [-0.3, -0.25) is 4.99 Å². The molecular formula is C16H29IN4O. The zero-order valence-electron chi connectivity index (χ0n) is 14.2. The molecule has 1 aliphatic heterocycles. The molecule has 6 heteroatoms. The van der Waals surface area contributed by atoms with Crippen LogP contribution in [0, 0.1) is 19.8 Å². The van der Waals surface area contributed by atoms with E-state index in [1.54, 1.807) is 0 Å². The highest BCUT2D eigenvalue weighted by molar-refractivity contribution is 14.0. The van der Waals surface area contributed by atoms with Crippen molar-refractivity contribution in [2.24, 2.45) is 10.9 Å². The number of nitrogens with zero attached hydrogens (tertiary/aromatic N) is 3. The lowest BCUT2D eigenvalue weighted by Crippen LogP contribution is -2.45. The van der Waals surface area contributed by atoms with Gasteiger partial charge in [-0.25, -0.2) is 0 Å². The Morgan fingerprint density at radius 1 is 1.36 bits per heavy atom. The number of rotatable bonds is 4. The van der Waals surface area contributed by atoms with E-state index in [0.29, 0.717) is 0 Å². The van der Waals surface area contributed by atoms with Crippen LogP contribution >= 0.6 is 24.0 Å². The van der Waals surface area contributed by atoms with Gasteiger partial charge in [0.2, 0.25) is 0 Å². The molecule has 1 fully saturated rings. The normalized spacial score (nSPS) is 16.5. The van der Waals surface area contributed by atoms with Crippen LogP contribution in [0.5, 0.6) is 0 Å². The highest BCUT2D eigenvalue weighted by Crippen LogP contribution is 2.16. The van der Waals surface area contributed by atoms with Crippen molar-refractivity contribution in [2.45, 2.75) is 47.0 Å². The van der Waals surface area contributed by atoms with E-state index in [9.17, 15) is 0 Å². The fraction of sp³-hybridized carbons (Fsp3) is 0.750. The van der Waals surface area contributed by atoms with E-state index >= 15 is 0 Å². The molecule has 1 aliphatic rings. The van der Waals surface area contributed by atoms with Crippen LogP contribution in [-0.2, 0) is 6.42 Å². The van der Waals surface area contributed by atoms with E-state index in [0.717, 1.165) is 55.9 Å². The maximum absolute atomic E-state index is 5.20. The average molecular weight is 420 g/mol. The second-order valence-electron chi connectivity index (χ2n) is 5.96. The number of likely N-dealkylation sites (tertiary alicyclic amines) is 1. The maximum atomic E-state index is 5.20. The molecule has 0 saturated carbocycles. The summed E-state index contributed by atoms with van der Waals surface area (Å²) in [5.74, 6) is 2.81. The number of piperidine rings is 1. The number of hydrogen-bond donors (Lipinski definition) is 1. The van der Waals surface area contributed by atoms with Crippen molar-refractivity contribution in [3.05, 3.63) is 17.0 Å². The van der Waals surface area contributed by atoms with Crippen molar-refractivity contribution in [1.82, 2.24) is 15.4 Å². The first kappa shape index (κ1) is 19.3. The minimum absolute atomic E-state index is 0. The summed E-state index contributed by atoms with van der Waals surface area (Å²) >= 11 is 0. The molecule has 0 aliphatic carbocycles. The number of guanidine groups is 1. The number of aromatic nitrogens is 1. The van der Waals surface area contributed by atoms with Gasteiger partial charge in [-0.2, -0.15) is 0 Å². The van der Waals surface area contributed by atoms with E-state index in [2.05, 4.69) is 29.2 Å². The molecule has 0 spiro atoms. The third kappa shape index (κ3) is 5.14. The van der Waals surface area contributed by atoms with Crippen molar-refractivity contribution < 1.29 is 4.52 Å². The third-order valence-electron chi connectivity index (χ3n) is 4.22. The average Bonchev–Trinajstić information content (AvgIpc) is 2.79. The number of hydrogen-bond acceptors (Lipinski definition) is 3. The zero-order valence-corrected chi connectivity index (χ0v) is 16.5. The van der Waals surface area contributed by atoms with Crippen molar-refractivity contribution >= 4 is 29.9 Å². The monoisotopic (exact) mass is 420 g/mol. The van der Waals surface area contributed by atoms with E-state index < -0.39 is 0 Å². The summed E-state index contributed by atoms with van der Waals surface area (Å²) < 4.78 is 5.20. The molecule has 2 rings (SSSR count). The van der Waals surface area contributed by atoms with Crippen LogP contribution in [0.1, 0.15) is 43.7 Å². The van der Waals surface area contributed by atoms with Gasteiger partial charge in [0.05, 0.1) is 5.69 Å². The maximum Gasteiger partial charge on any atom is 0.193 e. The lowest BCUT2D eigenvalue weighted by atomic mass is 10.00. The highest BCUT2D eigenvalue weighted by Gasteiger charge is 2.18. The molecule has 5 nitrogen and oxygen atoms in total. The Hall–Kier alpha value is -0.790. The molecule has 0 bridgehead atoms. The Kier molecular flexibility index (Phi) is 8.20. The molecular weight excluding hydrogens is 391 g/mol. The summed E-state index contributed by atoms with van der Waals surface area (Å²) in [4.78, 5) is 7.17. The standard InChI is InChI=1S/C16H28N4O.HI/c1-5-17-16(20-10-7-12(2)8-11-20)18-9-6-15-13(3)19-21-14(15)4;/h12H,5-11H2,1-4H3,(H,17,18);1H. The molecule has 1 aromatic heterocycles. The number of nitrogens with one attached hydrogen (secondary N) is 1. The fourth-order valence-corrected chi connectivity index (χ4v) is 2.78. The molecule has 1 saturated heterocycles. The largest absolute Gasteiger partial charge is 0.361 e. The Balaban J connectivity index is 0.00000242. The summed E-state index contributed by atoms with van der Waals surface area (Å²) in [6.07, 6.45) is 3.41. The second-order valence-corrected chi connectivity index (χ2v) is 5.96. The molecule has 0 amide bonds. The number of aliphatic imine (C=N–C) groups is 1. The zero-order chi connectivity index (χ0) is 15.2. The van der Waals surface area contributed by atoms with Gasteiger partial charge in [0.25, 0.3) is 0 Å². The van der Waals surface area contributed by atoms with Gasteiger partial charge in [-0.15, -0.1) is 24.0 Å². The molecule has 1 aromatic rings. The van der Waals surface area contributed by atoms with Gasteiger partial charge in [-0.1, -0.05) is 12.1 Å². The molecule has 126 valence electrons. The smallest absolute Gasteiger partial charge is 0.193 e. The van der Waals surface area contributed by atoms with Gasteiger partial charge in [-0.05, 0) is 46.0 Å². The van der Waals surface area contributed by atoms with Crippen molar-refractivity contribution in [2.75, 3.05) is 26.2 Å². The molecule has 2 heterocycles. The first-order valence-electron chi connectivity index (χ1n) is 8.06. The van der Waals surface area contributed by atoms with Crippen LogP contribution in [0.25, 0.3) is 0 Å². The van der Waals surface area contributed by atoms with E-state index in [4.69, 9.17) is 9.52 Å². The van der Waals surface area contributed by atoms with E-state index in [1.807, 2.05) is 13.8 Å². The van der Waals surface area contributed by atoms with Crippen molar-refractivity contribution in [3.63, 3.8) is 0 Å². The first-order valence-corrected chi connectivity index (χ1v) is 8.06. The molecule has 1 N–H and O–H groups in total.